The standard InChI is InChI=1S/C20H26FNO5/c1-20(2,3)27-19(24)22-14-5-6-15(22)11-17(10-14)26-16-8-12(18(23)25-4)7-13(21)9-16/h7-9,14-15,17H,5-6,10-11H2,1-4H3/t14-,15+,17+. The average Bonchev–Trinajstić information content (AvgIpc) is 2.83. The zero-order valence-corrected chi connectivity index (χ0v) is 16.2. The second-order valence-electron chi connectivity index (χ2n) is 8.15. The number of hydrogen-bond acceptors (Lipinski definition) is 5. The van der Waals surface area contributed by atoms with Crippen LogP contribution in [-0.2, 0) is 9.47 Å². The Labute approximate surface area is 158 Å². The summed E-state index contributed by atoms with van der Waals surface area (Å²) in [6.07, 6.45) is 2.68. The number of rotatable bonds is 3. The van der Waals surface area contributed by atoms with Gasteiger partial charge in [0.25, 0.3) is 0 Å². The van der Waals surface area contributed by atoms with Crippen molar-refractivity contribution in [3.8, 4) is 5.75 Å². The Bertz CT molecular complexity index is 716. The molecular weight excluding hydrogens is 353 g/mol. The maximum atomic E-state index is 13.8. The molecule has 0 saturated carbocycles. The van der Waals surface area contributed by atoms with Crippen LogP contribution in [0, 0.1) is 5.82 Å². The zero-order chi connectivity index (χ0) is 19.8. The highest BCUT2D eigenvalue weighted by atomic mass is 19.1. The van der Waals surface area contributed by atoms with Crippen molar-refractivity contribution in [2.45, 2.75) is 70.2 Å². The third kappa shape index (κ3) is 4.51. The molecule has 3 rings (SSSR count). The van der Waals surface area contributed by atoms with E-state index in [0.717, 1.165) is 18.9 Å². The molecule has 0 spiro atoms. The van der Waals surface area contributed by atoms with E-state index in [0.29, 0.717) is 18.6 Å². The predicted octanol–water partition coefficient (Wildman–Crippen LogP) is 3.92. The fourth-order valence-electron chi connectivity index (χ4n) is 3.89. The molecule has 0 aliphatic carbocycles. The van der Waals surface area contributed by atoms with Crippen LogP contribution in [0.2, 0.25) is 0 Å². The van der Waals surface area contributed by atoms with Crippen molar-refractivity contribution in [2.24, 2.45) is 0 Å². The van der Waals surface area contributed by atoms with Crippen LogP contribution >= 0.6 is 0 Å². The summed E-state index contributed by atoms with van der Waals surface area (Å²) in [5, 5.41) is 0. The van der Waals surface area contributed by atoms with Crippen LogP contribution in [0.1, 0.15) is 56.8 Å². The molecule has 1 amide bonds. The van der Waals surface area contributed by atoms with Gasteiger partial charge >= 0.3 is 12.1 Å². The molecule has 0 unspecified atom stereocenters. The van der Waals surface area contributed by atoms with Crippen LogP contribution in [0.5, 0.6) is 5.75 Å². The quantitative estimate of drug-likeness (QED) is 0.745. The van der Waals surface area contributed by atoms with Gasteiger partial charge in [0.15, 0.2) is 0 Å². The average molecular weight is 379 g/mol. The lowest BCUT2D eigenvalue weighted by Gasteiger charge is -2.39. The minimum absolute atomic E-state index is 0.0530. The van der Waals surface area contributed by atoms with Crippen molar-refractivity contribution >= 4 is 12.1 Å². The monoisotopic (exact) mass is 379 g/mol. The van der Waals surface area contributed by atoms with Gasteiger partial charge in [-0.2, -0.15) is 0 Å². The molecule has 2 saturated heterocycles. The molecule has 0 N–H and O–H groups in total. The van der Waals surface area contributed by atoms with E-state index in [-0.39, 0.29) is 29.8 Å². The molecule has 27 heavy (non-hydrogen) atoms. The van der Waals surface area contributed by atoms with Gasteiger partial charge in [0.05, 0.1) is 12.7 Å². The molecule has 2 aliphatic heterocycles. The highest BCUT2D eigenvalue weighted by molar-refractivity contribution is 5.89. The van der Waals surface area contributed by atoms with Gasteiger partial charge in [-0.3, -0.25) is 0 Å². The number of carbonyl (C=O) groups excluding carboxylic acids is 2. The van der Waals surface area contributed by atoms with Crippen LogP contribution in [0.3, 0.4) is 0 Å². The second kappa shape index (κ2) is 7.37. The molecule has 3 atom stereocenters. The van der Waals surface area contributed by atoms with Gasteiger partial charge in [-0.15, -0.1) is 0 Å². The first-order valence-corrected chi connectivity index (χ1v) is 9.23. The van der Waals surface area contributed by atoms with Gasteiger partial charge < -0.3 is 19.1 Å². The molecule has 0 aromatic heterocycles. The van der Waals surface area contributed by atoms with Crippen LogP contribution in [0.4, 0.5) is 9.18 Å². The molecular formula is C20H26FNO5. The van der Waals surface area contributed by atoms with E-state index in [9.17, 15) is 14.0 Å². The van der Waals surface area contributed by atoms with Gasteiger partial charge in [-0.05, 0) is 45.7 Å². The third-order valence-electron chi connectivity index (χ3n) is 4.89. The lowest BCUT2D eigenvalue weighted by atomic mass is 10.00. The minimum Gasteiger partial charge on any atom is -0.490 e. The molecule has 7 heteroatoms. The predicted molar refractivity (Wildman–Crippen MR) is 96.3 cm³/mol. The molecule has 1 aromatic carbocycles. The second-order valence-corrected chi connectivity index (χ2v) is 8.15. The SMILES string of the molecule is COC(=O)c1cc(F)cc(O[C@H]2C[C@H]3CC[C@@H](C2)N3C(=O)OC(C)(C)C)c1. The number of fused-ring (bicyclic) bond motifs is 2. The molecule has 6 nitrogen and oxygen atoms in total. The Hall–Kier alpha value is -2.31. The summed E-state index contributed by atoms with van der Waals surface area (Å²) in [4.78, 5) is 26.0. The largest absolute Gasteiger partial charge is 0.490 e. The fourth-order valence-corrected chi connectivity index (χ4v) is 3.89. The Morgan fingerprint density at radius 3 is 2.30 bits per heavy atom. The zero-order valence-electron chi connectivity index (χ0n) is 16.2. The van der Waals surface area contributed by atoms with E-state index < -0.39 is 17.4 Å². The number of ether oxygens (including phenoxy) is 3. The highest BCUT2D eigenvalue weighted by Crippen LogP contribution is 2.38. The Morgan fingerprint density at radius 2 is 1.74 bits per heavy atom. The summed E-state index contributed by atoms with van der Waals surface area (Å²) in [7, 11) is 1.25. The molecule has 148 valence electrons. The highest BCUT2D eigenvalue weighted by Gasteiger charge is 2.45. The van der Waals surface area contributed by atoms with Gasteiger partial charge in [0.2, 0.25) is 0 Å². The van der Waals surface area contributed by atoms with Gasteiger partial charge in [-0.25, -0.2) is 14.0 Å². The number of piperidine rings is 1. The summed E-state index contributed by atoms with van der Waals surface area (Å²) < 4.78 is 29.9. The normalized spacial score (nSPS) is 24.5. The number of hydrogen-bond donors (Lipinski definition) is 0. The maximum Gasteiger partial charge on any atom is 0.410 e. The number of methoxy groups -OCH3 is 1. The Morgan fingerprint density at radius 1 is 1.11 bits per heavy atom. The van der Waals surface area contributed by atoms with Crippen molar-refractivity contribution in [3.63, 3.8) is 0 Å². The third-order valence-corrected chi connectivity index (χ3v) is 4.89. The van der Waals surface area contributed by atoms with Crippen LogP contribution in [-0.4, -0.2) is 47.9 Å². The van der Waals surface area contributed by atoms with Gasteiger partial charge in [-0.1, -0.05) is 0 Å². The molecule has 0 radical (unpaired) electrons. The minimum atomic E-state index is -0.612. The molecule has 2 heterocycles. The summed E-state index contributed by atoms with van der Waals surface area (Å²) >= 11 is 0. The topological polar surface area (TPSA) is 65.1 Å². The smallest absolute Gasteiger partial charge is 0.410 e. The number of carbonyl (C=O) groups is 2. The number of amides is 1. The first kappa shape index (κ1) is 19.5. The summed E-state index contributed by atoms with van der Waals surface area (Å²) in [5.74, 6) is -0.869. The first-order chi connectivity index (χ1) is 12.7. The lowest BCUT2D eigenvalue weighted by molar-refractivity contribution is -0.00715. The maximum absolute atomic E-state index is 13.8. The molecule has 2 fully saturated rings. The van der Waals surface area contributed by atoms with Crippen molar-refractivity contribution in [3.05, 3.63) is 29.6 Å². The van der Waals surface area contributed by atoms with Gasteiger partial charge in [0.1, 0.15) is 23.3 Å². The van der Waals surface area contributed by atoms with Crippen molar-refractivity contribution in [1.29, 1.82) is 0 Å². The van der Waals surface area contributed by atoms with E-state index in [1.807, 2.05) is 25.7 Å². The van der Waals surface area contributed by atoms with E-state index in [1.165, 1.54) is 19.2 Å². The lowest BCUT2D eigenvalue weighted by Crippen LogP contribution is -2.50. The van der Waals surface area contributed by atoms with Crippen molar-refractivity contribution in [2.75, 3.05) is 7.11 Å². The number of benzene rings is 1. The Balaban J connectivity index is 1.68. The summed E-state index contributed by atoms with van der Waals surface area (Å²) in [6, 6.07) is 3.97. The molecule has 2 aliphatic rings. The molecule has 1 aromatic rings. The number of nitrogens with zero attached hydrogens (tertiary/aromatic N) is 1. The number of halogens is 1. The Kier molecular flexibility index (Phi) is 5.31. The van der Waals surface area contributed by atoms with Crippen LogP contribution < -0.4 is 4.74 Å². The van der Waals surface area contributed by atoms with Gasteiger partial charge in [0, 0.05) is 31.0 Å². The van der Waals surface area contributed by atoms with E-state index in [1.54, 1.807) is 0 Å². The number of esters is 1. The van der Waals surface area contributed by atoms with E-state index in [4.69, 9.17) is 9.47 Å². The van der Waals surface area contributed by atoms with Crippen molar-refractivity contribution in [1.82, 2.24) is 4.90 Å². The molecule has 2 bridgehead atoms. The van der Waals surface area contributed by atoms with Crippen LogP contribution in [0.25, 0.3) is 0 Å². The van der Waals surface area contributed by atoms with Crippen LogP contribution in [0.15, 0.2) is 18.2 Å². The summed E-state index contributed by atoms with van der Waals surface area (Å²) in [5.41, 5.74) is -0.419. The van der Waals surface area contributed by atoms with E-state index in [2.05, 4.69) is 4.74 Å². The van der Waals surface area contributed by atoms with Crippen molar-refractivity contribution < 1.29 is 28.2 Å². The van der Waals surface area contributed by atoms with E-state index >= 15 is 0 Å². The fraction of sp³-hybridized carbons (Fsp3) is 0.600. The first-order valence-electron chi connectivity index (χ1n) is 9.23. The summed E-state index contributed by atoms with van der Waals surface area (Å²) in [6.45, 7) is 5.56.